The molecule has 0 amide bonds. The molecule has 2 rings (SSSR count). The SMILES string of the molecule is Cc1ccc(/C(=N\CCCC(=O)O)c2cc(Cl)cc(C)c2O)cc1. The number of aromatic hydroxyl groups is 1. The Hall–Kier alpha value is -2.33. The number of benzene rings is 2. The van der Waals surface area contributed by atoms with Gasteiger partial charge in [-0.3, -0.25) is 9.79 Å². The van der Waals surface area contributed by atoms with Crippen molar-refractivity contribution in [1.82, 2.24) is 0 Å². The van der Waals surface area contributed by atoms with Crippen LogP contribution in [0.1, 0.15) is 35.1 Å². The van der Waals surface area contributed by atoms with Gasteiger partial charge in [0.2, 0.25) is 0 Å². The third kappa shape index (κ3) is 4.59. The van der Waals surface area contributed by atoms with E-state index in [1.54, 1.807) is 19.1 Å². The number of nitrogens with zero attached hydrogens (tertiary/aromatic N) is 1. The molecule has 0 saturated carbocycles. The highest BCUT2D eigenvalue weighted by Gasteiger charge is 2.14. The molecular weight excluding hydrogens is 326 g/mol. The van der Waals surface area contributed by atoms with Gasteiger partial charge in [-0.05, 0) is 38.0 Å². The van der Waals surface area contributed by atoms with Crippen LogP contribution in [0.2, 0.25) is 5.02 Å². The molecule has 2 N–H and O–H groups in total. The van der Waals surface area contributed by atoms with Crippen LogP contribution in [0.5, 0.6) is 5.75 Å². The van der Waals surface area contributed by atoms with Gasteiger partial charge in [0, 0.05) is 29.1 Å². The topological polar surface area (TPSA) is 69.9 Å². The summed E-state index contributed by atoms with van der Waals surface area (Å²) in [5.74, 6) is -0.708. The summed E-state index contributed by atoms with van der Waals surface area (Å²) >= 11 is 6.14. The number of carboxylic acids is 1. The van der Waals surface area contributed by atoms with Crippen LogP contribution in [0, 0.1) is 13.8 Å². The Kier molecular flexibility index (Phi) is 5.99. The summed E-state index contributed by atoms with van der Waals surface area (Å²) in [4.78, 5) is 15.2. The molecular formula is C19H20ClNO3. The Morgan fingerprint density at radius 3 is 2.46 bits per heavy atom. The van der Waals surface area contributed by atoms with Gasteiger partial charge in [0.05, 0.1) is 5.71 Å². The van der Waals surface area contributed by atoms with E-state index in [4.69, 9.17) is 16.7 Å². The molecule has 0 aromatic heterocycles. The van der Waals surface area contributed by atoms with Gasteiger partial charge in [0.1, 0.15) is 5.75 Å². The number of phenols is 1. The van der Waals surface area contributed by atoms with Crippen molar-refractivity contribution < 1.29 is 15.0 Å². The van der Waals surface area contributed by atoms with Crippen molar-refractivity contribution in [3.05, 3.63) is 63.7 Å². The molecule has 0 spiro atoms. The summed E-state index contributed by atoms with van der Waals surface area (Å²) in [6.07, 6.45) is 0.496. The number of phenolic OH excluding ortho intramolecular Hbond substituents is 1. The van der Waals surface area contributed by atoms with E-state index in [1.165, 1.54) is 0 Å². The second-order valence-corrected chi connectivity index (χ2v) is 6.15. The largest absolute Gasteiger partial charge is 0.507 e. The lowest BCUT2D eigenvalue weighted by Gasteiger charge is -2.12. The number of hydrogen-bond acceptors (Lipinski definition) is 3. The van der Waals surface area contributed by atoms with Crippen molar-refractivity contribution in [3.63, 3.8) is 0 Å². The summed E-state index contributed by atoms with van der Waals surface area (Å²) < 4.78 is 0. The zero-order chi connectivity index (χ0) is 17.7. The minimum atomic E-state index is -0.844. The Bertz CT molecular complexity index is 767. The van der Waals surface area contributed by atoms with Gasteiger partial charge in [0.15, 0.2) is 0 Å². The van der Waals surface area contributed by atoms with E-state index in [0.717, 1.165) is 11.1 Å². The molecule has 0 bridgehead atoms. The number of hydrogen-bond donors (Lipinski definition) is 2. The molecule has 2 aromatic carbocycles. The second-order valence-electron chi connectivity index (χ2n) is 5.71. The van der Waals surface area contributed by atoms with Crippen molar-refractivity contribution >= 4 is 23.3 Å². The van der Waals surface area contributed by atoms with Crippen LogP contribution in [0.25, 0.3) is 0 Å². The molecule has 0 unspecified atom stereocenters. The van der Waals surface area contributed by atoms with Gasteiger partial charge in [-0.15, -0.1) is 0 Å². The normalized spacial score (nSPS) is 11.5. The number of rotatable bonds is 6. The molecule has 0 aliphatic rings. The fourth-order valence-corrected chi connectivity index (χ4v) is 2.65. The van der Waals surface area contributed by atoms with Crippen LogP contribution in [-0.2, 0) is 4.79 Å². The Balaban J connectivity index is 2.45. The van der Waals surface area contributed by atoms with Gasteiger partial charge < -0.3 is 10.2 Å². The van der Waals surface area contributed by atoms with Crippen LogP contribution in [0.3, 0.4) is 0 Å². The summed E-state index contributed by atoms with van der Waals surface area (Å²) in [7, 11) is 0. The van der Waals surface area contributed by atoms with Crippen LogP contribution in [0.4, 0.5) is 0 Å². The maximum atomic E-state index is 10.7. The van der Waals surface area contributed by atoms with E-state index in [2.05, 4.69) is 4.99 Å². The molecule has 2 aromatic rings. The highest BCUT2D eigenvalue weighted by atomic mass is 35.5. The van der Waals surface area contributed by atoms with Crippen molar-refractivity contribution in [2.45, 2.75) is 26.7 Å². The van der Waals surface area contributed by atoms with E-state index < -0.39 is 5.97 Å². The number of halogens is 1. The molecule has 0 aliphatic heterocycles. The standard InChI is InChI=1S/C19H20ClNO3/c1-12-5-7-14(8-6-12)18(21-9-3-4-17(22)23)16-11-15(20)10-13(2)19(16)24/h5-8,10-11,24H,3-4,9H2,1-2H3,(H,22,23)/b21-18+. The lowest BCUT2D eigenvalue weighted by atomic mass is 9.98. The second kappa shape index (κ2) is 7.97. The fraction of sp³-hybridized carbons (Fsp3) is 0.263. The highest BCUT2D eigenvalue weighted by Crippen LogP contribution is 2.29. The number of aliphatic carboxylic acids is 1. The van der Waals surface area contributed by atoms with Crippen LogP contribution >= 0.6 is 11.6 Å². The third-order valence-corrected chi connectivity index (χ3v) is 3.88. The quantitative estimate of drug-likeness (QED) is 0.603. The predicted octanol–water partition coefficient (Wildman–Crippen LogP) is 4.36. The predicted molar refractivity (Wildman–Crippen MR) is 96.4 cm³/mol. The Morgan fingerprint density at radius 2 is 1.83 bits per heavy atom. The van der Waals surface area contributed by atoms with Crippen molar-refractivity contribution in [3.8, 4) is 5.75 Å². The molecule has 0 atom stereocenters. The van der Waals surface area contributed by atoms with E-state index in [-0.39, 0.29) is 12.2 Å². The Morgan fingerprint density at radius 1 is 1.17 bits per heavy atom. The smallest absolute Gasteiger partial charge is 0.303 e. The molecule has 4 nitrogen and oxygen atoms in total. The van der Waals surface area contributed by atoms with E-state index in [1.807, 2.05) is 31.2 Å². The lowest BCUT2D eigenvalue weighted by molar-refractivity contribution is -0.137. The minimum absolute atomic E-state index is 0.0607. The van der Waals surface area contributed by atoms with Crippen molar-refractivity contribution in [2.75, 3.05) is 6.54 Å². The number of aliphatic imine (C=N–C) groups is 1. The van der Waals surface area contributed by atoms with E-state index >= 15 is 0 Å². The van der Waals surface area contributed by atoms with Gasteiger partial charge in [-0.1, -0.05) is 41.4 Å². The van der Waals surface area contributed by atoms with Gasteiger partial charge >= 0.3 is 5.97 Å². The molecule has 0 fully saturated rings. The maximum absolute atomic E-state index is 10.7. The first-order chi connectivity index (χ1) is 11.4. The lowest BCUT2D eigenvalue weighted by Crippen LogP contribution is -2.07. The molecule has 0 saturated heterocycles. The molecule has 126 valence electrons. The van der Waals surface area contributed by atoms with Gasteiger partial charge in [-0.25, -0.2) is 0 Å². The number of carbonyl (C=O) groups is 1. The first kappa shape index (κ1) is 18.0. The molecule has 5 heteroatoms. The highest BCUT2D eigenvalue weighted by molar-refractivity contribution is 6.31. The first-order valence-electron chi connectivity index (χ1n) is 7.71. The van der Waals surface area contributed by atoms with Crippen molar-refractivity contribution in [1.29, 1.82) is 0 Å². The number of aryl methyl sites for hydroxylation is 2. The Labute approximate surface area is 146 Å². The van der Waals surface area contributed by atoms with Crippen LogP contribution in [-0.4, -0.2) is 28.4 Å². The van der Waals surface area contributed by atoms with Crippen LogP contribution < -0.4 is 0 Å². The van der Waals surface area contributed by atoms with Gasteiger partial charge in [-0.2, -0.15) is 0 Å². The average Bonchev–Trinajstić information content (AvgIpc) is 2.52. The third-order valence-electron chi connectivity index (χ3n) is 3.66. The fourth-order valence-electron chi connectivity index (χ4n) is 2.38. The summed E-state index contributed by atoms with van der Waals surface area (Å²) in [5, 5.41) is 19.7. The minimum Gasteiger partial charge on any atom is -0.507 e. The monoisotopic (exact) mass is 345 g/mol. The van der Waals surface area contributed by atoms with E-state index in [0.29, 0.717) is 34.8 Å². The summed E-state index contributed by atoms with van der Waals surface area (Å²) in [6, 6.07) is 11.2. The zero-order valence-electron chi connectivity index (χ0n) is 13.7. The van der Waals surface area contributed by atoms with E-state index in [9.17, 15) is 9.90 Å². The zero-order valence-corrected chi connectivity index (χ0v) is 14.5. The maximum Gasteiger partial charge on any atom is 0.303 e. The van der Waals surface area contributed by atoms with Gasteiger partial charge in [0.25, 0.3) is 0 Å². The average molecular weight is 346 g/mol. The summed E-state index contributed by atoms with van der Waals surface area (Å²) in [5.41, 5.74) is 3.81. The molecule has 0 radical (unpaired) electrons. The molecule has 0 heterocycles. The molecule has 0 aliphatic carbocycles. The number of carboxylic acid groups (broad SMARTS) is 1. The molecule has 24 heavy (non-hydrogen) atoms. The summed E-state index contributed by atoms with van der Waals surface area (Å²) in [6.45, 7) is 4.14. The first-order valence-corrected chi connectivity index (χ1v) is 8.09. The van der Waals surface area contributed by atoms with Crippen LogP contribution in [0.15, 0.2) is 41.4 Å². The van der Waals surface area contributed by atoms with Crippen molar-refractivity contribution in [2.24, 2.45) is 4.99 Å².